The van der Waals surface area contributed by atoms with Gasteiger partial charge in [-0.05, 0) is 26.8 Å². The van der Waals surface area contributed by atoms with E-state index in [2.05, 4.69) is 15.1 Å². The molecule has 2 heterocycles. The van der Waals surface area contributed by atoms with Crippen molar-refractivity contribution in [1.29, 1.82) is 0 Å². The molecule has 0 fully saturated rings. The van der Waals surface area contributed by atoms with Crippen molar-refractivity contribution in [2.75, 3.05) is 13.2 Å². The van der Waals surface area contributed by atoms with Crippen molar-refractivity contribution >= 4 is 23.8 Å². The maximum atomic E-state index is 12.5. The first kappa shape index (κ1) is 21.8. The number of carbonyl (C=O) groups excluding carboxylic acids is 1. The number of aliphatic imine (C=N–C) groups is 1. The number of rotatable bonds is 8. The van der Waals surface area contributed by atoms with Crippen molar-refractivity contribution in [2.45, 2.75) is 20.8 Å². The smallest absolute Gasteiger partial charge is 0.343 e. The zero-order chi connectivity index (χ0) is 22.2. The van der Waals surface area contributed by atoms with Gasteiger partial charge in [0.25, 0.3) is 0 Å². The topological polar surface area (TPSA) is 98.8 Å². The van der Waals surface area contributed by atoms with Crippen LogP contribution < -0.4 is 4.74 Å². The first-order chi connectivity index (χ1) is 15.0. The number of aliphatic hydroxyl groups excluding tert-OH is 1. The van der Waals surface area contributed by atoms with E-state index in [4.69, 9.17) is 9.47 Å². The average Bonchev–Trinajstić information content (AvgIpc) is 3.15. The van der Waals surface area contributed by atoms with Crippen LogP contribution in [0, 0.1) is 6.92 Å². The van der Waals surface area contributed by atoms with E-state index in [-0.39, 0.29) is 17.9 Å². The lowest BCUT2D eigenvalue weighted by Crippen LogP contribution is -2.11. The number of benzene rings is 1. The highest BCUT2D eigenvalue weighted by Crippen LogP contribution is 2.22. The Labute approximate surface area is 180 Å². The standard InChI is InChI=1S/C23H24N4O4/c1-4-30-21-13-9-12-19(25-21)27-20(14-16(3)26-27)24-15-18(23(29)31-5-2)22(28)17-10-7-6-8-11-17/h6-15,28H,4-5H2,1-3H3. The number of aryl methyl sites for hydroxylation is 1. The molecule has 8 nitrogen and oxygen atoms in total. The van der Waals surface area contributed by atoms with Crippen LogP contribution in [0.2, 0.25) is 0 Å². The van der Waals surface area contributed by atoms with Crippen LogP contribution in [0.5, 0.6) is 5.88 Å². The number of carbonyl (C=O) groups is 1. The number of aliphatic hydroxyl groups is 1. The summed E-state index contributed by atoms with van der Waals surface area (Å²) in [6.45, 7) is 6.06. The fourth-order valence-corrected chi connectivity index (χ4v) is 2.80. The van der Waals surface area contributed by atoms with E-state index in [0.29, 0.717) is 35.4 Å². The Hall–Kier alpha value is -3.94. The van der Waals surface area contributed by atoms with E-state index in [1.54, 1.807) is 49.4 Å². The monoisotopic (exact) mass is 420 g/mol. The molecule has 3 aromatic rings. The third kappa shape index (κ3) is 5.36. The molecule has 160 valence electrons. The van der Waals surface area contributed by atoms with Gasteiger partial charge in [-0.1, -0.05) is 36.4 Å². The minimum absolute atomic E-state index is 0.0607. The fraction of sp³-hybridized carbons (Fsp3) is 0.217. The van der Waals surface area contributed by atoms with Crippen molar-refractivity contribution in [1.82, 2.24) is 14.8 Å². The predicted molar refractivity (Wildman–Crippen MR) is 118 cm³/mol. The summed E-state index contributed by atoms with van der Waals surface area (Å²) in [5.41, 5.74) is 1.13. The Bertz CT molecular complexity index is 1100. The first-order valence-corrected chi connectivity index (χ1v) is 9.90. The Morgan fingerprint density at radius 1 is 1.13 bits per heavy atom. The summed E-state index contributed by atoms with van der Waals surface area (Å²) in [5, 5.41) is 15.1. The van der Waals surface area contributed by atoms with Gasteiger partial charge in [0.2, 0.25) is 5.88 Å². The molecule has 0 aliphatic rings. The Kier molecular flexibility index (Phi) is 7.16. The summed E-state index contributed by atoms with van der Waals surface area (Å²) in [4.78, 5) is 21.3. The van der Waals surface area contributed by atoms with Crippen LogP contribution in [-0.2, 0) is 9.53 Å². The lowest BCUT2D eigenvalue weighted by Gasteiger charge is -2.08. The van der Waals surface area contributed by atoms with Crippen molar-refractivity contribution in [3.05, 3.63) is 71.4 Å². The third-order valence-electron chi connectivity index (χ3n) is 4.15. The van der Waals surface area contributed by atoms with E-state index in [0.717, 1.165) is 0 Å². The SMILES string of the molecule is CCOC(=O)C(C=Nc1cc(C)nn1-c1cccc(OCC)n1)=C(O)c1ccccc1. The maximum Gasteiger partial charge on any atom is 0.343 e. The number of pyridine rings is 1. The molecule has 1 aromatic carbocycles. The quantitative estimate of drug-likeness (QED) is 0.254. The van der Waals surface area contributed by atoms with Gasteiger partial charge in [0, 0.05) is 23.9 Å². The number of nitrogens with zero attached hydrogens (tertiary/aromatic N) is 4. The van der Waals surface area contributed by atoms with Crippen molar-refractivity contribution in [2.24, 2.45) is 4.99 Å². The molecular weight excluding hydrogens is 396 g/mol. The fourth-order valence-electron chi connectivity index (χ4n) is 2.80. The van der Waals surface area contributed by atoms with Gasteiger partial charge in [0.05, 0.1) is 18.9 Å². The molecule has 0 spiro atoms. The van der Waals surface area contributed by atoms with E-state index < -0.39 is 5.97 Å². The number of esters is 1. The summed E-state index contributed by atoms with van der Waals surface area (Å²) >= 11 is 0. The summed E-state index contributed by atoms with van der Waals surface area (Å²) in [6, 6.07) is 15.8. The van der Waals surface area contributed by atoms with E-state index >= 15 is 0 Å². The largest absolute Gasteiger partial charge is 0.506 e. The number of hydrogen-bond donors (Lipinski definition) is 1. The number of hydrogen-bond acceptors (Lipinski definition) is 7. The summed E-state index contributed by atoms with van der Waals surface area (Å²) in [5.74, 6) is 0.521. The van der Waals surface area contributed by atoms with Crippen molar-refractivity contribution in [3.63, 3.8) is 0 Å². The molecule has 0 radical (unpaired) electrons. The zero-order valence-corrected chi connectivity index (χ0v) is 17.6. The van der Waals surface area contributed by atoms with Gasteiger partial charge >= 0.3 is 5.97 Å². The number of aromatic nitrogens is 3. The van der Waals surface area contributed by atoms with Crippen LogP contribution in [0.15, 0.2) is 65.2 Å². The maximum absolute atomic E-state index is 12.5. The second kappa shape index (κ2) is 10.2. The van der Waals surface area contributed by atoms with Crippen LogP contribution in [0.25, 0.3) is 11.6 Å². The minimum atomic E-state index is -0.674. The second-order valence-electron chi connectivity index (χ2n) is 6.43. The normalized spacial score (nSPS) is 12.0. The summed E-state index contributed by atoms with van der Waals surface area (Å²) in [7, 11) is 0. The lowest BCUT2D eigenvalue weighted by molar-refractivity contribution is -0.137. The second-order valence-corrected chi connectivity index (χ2v) is 6.43. The van der Waals surface area contributed by atoms with Crippen LogP contribution in [0.4, 0.5) is 5.82 Å². The highest BCUT2D eigenvalue weighted by atomic mass is 16.5. The average molecular weight is 420 g/mol. The van der Waals surface area contributed by atoms with Gasteiger partial charge in [0.1, 0.15) is 11.3 Å². The molecular formula is C23H24N4O4. The predicted octanol–water partition coefficient (Wildman–Crippen LogP) is 4.21. The van der Waals surface area contributed by atoms with Crippen molar-refractivity contribution in [3.8, 4) is 11.7 Å². The molecule has 2 aromatic heterocycles. The molecule has 31 heavy (non-hydrogen) atoms. The van der Waals surface area contributed by atoms with E-state index in [1.807, 2.05) is 26.0 Å². The molecule has 0 unspecified atom stereocenters. The molecule has 0 atom stereocenters. The molecule has 0 saturated heterocycles. The lowest BCUT2D eigenvalue weighted by atomic mass is 10.1. The van der Waals surface area contributed by atoms with Crippen LogP contribution in [0.3, 0.4) is 0 Å². The third-order valence-corrected chi connectivity index (χ3v) is 4.15. The van der Waals surface area contributed by atoms with E-state index in [9.17, 15) is 9.90 Å². The molecule has 0 aliphatic carbocycles. The molecule has 0 bridgehead atoms. The molecule has 0 amide bonds. The van der Waals surface area contributed by atoms with Gasteiger partial charge < -0.3 is 14.6 Å². The number of ether oxygens (including phenoxy) is 2. The Balaban J connectivity index is 2.02. The molecule has 0 aliphatic heterocycles. The van der Waals surface area contributed by atoms with Gasteiger partial charge in [-0.3, -0.25) is 0 Å². The zero-order valence-electron chi connectivity index (χ0n) is 17.6. The van der Waals surface area contributed by atoms with Crippen molar-refractivity contribution < 1.29 is 19.4 Å². The first-order valence-electron chi connectivity index (χ1n) is 9.90. The highest BCUT2D eigenvalue weighted by molar-refractivity contribution is 6.15. The Morgan fingerprint density at radius 3 is 2.61 bits per heavy atom. The van der Waals surface area contributed by atoms with Crippen LogP contribution in [0.1, 0.15) is 25.1 Å². The van der Waals surface area contributed by atoms with Gasteiger partial charge in [-0.15, -0.1) is 0 Å². The van der Waals surface area contributed by atoms with Gasteiger partial charge in [-0.25, -0.2) is 9.79 Å². The van der Waals surface area contributed by atoms with Crippen LogP contribution in [-0.4, -0.2) is 45.3 Å². The van der Waals surface area contributed by atoms with Crippen LogP contribution >= 0.6 is 0 Å². The minimum Gasteiger partial charge on any atom is -0.506 e. The Morgan fingerprint density at radius 2 is 1.90 bits per heavy atom. The van der Waals surface area contributed by atoms with Gasteiger partial charge in [-0.2, -0.15) is 14.8 Å². The van der Waals surface area contributed by atoms with E-state index in [1.165, 1.54) is 10.9 Å². The van der Waals surface area contributed by atoms with Gasteiger partial charge in [0.15, 0.2) is 11.6 Å². The summed E-state index contributed by atoms with van der Waals surface area (Å²) in [6.07, 6.45) is 1.28. The summed E-state index contributed by atoms with van der Waals surface area (Å²) < 4.78 is 12.1. The molecule has 3 rings (SSSR count). The molecule has 1 N–H and O–H groups in total. The molecule has 0 saturated carbocycles. The highest BCUT2D eigenvalue weighted by Gasteiger charge is 2.17. The molecule has 8 heteroatoms.